The molecule has 1 spiro atoms. The van der Waals surface area contributed by atoms with Crippen LogP contribution in [0.5, 0.6) is 11.5 Å². The Morgan fingerprint density at radius 2 is 1.67 bits per heavy atom. The van der Waals surface area contributed by atoms with E-state index in [1.807, 2.05) is 54.6 Å². The molecule has 12 heteroatoms. The van der Waals surface area contributed by atoms with E-state index < -0.39 is 19.8 Å². The third-order valence-electron chi connectivity index (χ3n) is 12.0. The van der Waals surface area contributed by atoms with Crippen molar-refractivity contribution in [3.63, 3.8) is 0 Å². The summed E-state index contributed by atoms with van der Waals surface area (Å²) in [6.45, 7) is 7.48. The van der Waals surface area contributed by atoms with Gasteiger partial charge in [-0.05, 0) is 90.7 Å². The fourth-order valence-corrected chi connectivity index (χ4v) is 13.5. The zero-order chi connectivity index (χ0) is 39.1. The lowest BCUT2D eigenvalue weighted by Gasteiger charge is -2.37. The lowest BCUT2D eigenvalue weighted by molar-refractivity contribution is -0.150. The Morgan fingerprint density at radius 1 is 0.982 bits per heavy atom. The molecule has 3 aliphatic heterocycles. The number of ether oxygens (including phenoxy) is 3. The molecule has 2 saturated heterocycles. The standard InChI is InChI=1S/C43H48BrN3O7Si/c1-27-40(55(4,5)35-18-16-34(53-3)17-19-35)38(24-39(49)46-21-7-10-32(46)26-48)54-43(27)36-23-30(44)13-20-37(36)47(42(43)51)25-28-8-6-9-31(22-28)45-41(50)29-11-14-33(52-2)15-12-29/h6,8-9,11-20,22-23,27,32,38,40,48H,7,10,21,24-26H2,1-5H3,(H,45,50)/t27-,32+,38+,40-,43+/m1/s1. The maximum Gasteiger partial charge on any atom is 0.264 e. The predicted molar refractivity (Wildman–Crippen MR) is 219 cm³/mol. The number of fused-ring (bicyclic) bond motifs is 2. The largest absolute Gasteiger partial charge is 0.497 e. The van der Waals surface area contributed by atoms with Crippen LogP contribution in [0.3, 0.4) is 0 Å². The number of aliphatic hydroxyl groups excluding tert-OH is 1. The molecule has 2 fully saturated rings. The molecule has 3 heterocycles. The fourth-order valence-electron chi connectivity index (χ4n) is 9.16. The molecule has 5 atom stereocenters. The number of halogens is 1. The Balaban J connectivity index is 1.23. The van der Waals surface area contributed by atoms with Crippen LogP contribution in [-0.4, -0.2) is 75.3 Å². The first kappa shape index (κ1) is 38.8. The minimum Gasteiger partial charge on any atom is -0.497 e. The number of anilines is 2. The van der Waals surface area contributed by atoms with Crippen LogP contribution < -0.4 is 24.9 Å². The zero-order valence-corrected chi connectivity index (χ0v) is 34.5. The SMILES string of the molecule is COc1ccc(C(=O)Nc2cccc(CN3C(=O)[C@@]4(O[C@@H](CC(=O)N5CCC[C@H]5CO)[C@H]([Si](C)(C)c5ccc(OC)cc5)[C@H]4C)c4cc(Br)ccc43)c2)cc1. The number of benzene rings is 4. The van der Waals surface area contributed by atoms with Gasteiger partial charge >= 0.3 is 0 Å². The molecule has 2 N–H and O–H groups in total. The van der Waals surface area contributed by atoms with Gasteiger partial charge in [0.1, 0.15) is 11.5 Å². The van der Waals surface area contributed by atoms with Gasteiger partial charge in [0.05, 0.1) is 59.7 Å². The summed E-state index contributed by atoms with van der Waals surface area (Å²) in [4.78, 5) is 46.0. The molecular weight excluding hydrogens is 778 g/mol. The van der Waals surface area contributed by atoms with E-state index in [0.29, 0.717) is 23.5 Å². The first-order valence-corrected chi connectivity index (χ1v) is 22.7. The number of methoxy groups -OCH3 is 2. The van der Waals surface area contributed by atoms with Crippen LogP contribution in [0.4, 0.5) is 11.4 Å². The predicted octanol–water partition coefficient (Wildman–Crippen LogP) is 6.85. The van der Waals surface area contributed by atoms with Gasteiger partial charge in [-0.3, -0.25) is 14.4 Å². The minimum absolute atomic E-state index is 0.0550. The third kappa shape index (κ3) is 7.09. The van der Waals surface area contributed by atoms with Crippen LogP contribution in [0.1, 0.15) is 47.7 Å². The second-order valence-corrected chi connectivity index (χ2v) is 21.0. The second-order valence-electron chi connectivity index (χ2n) is 15.4. The van der Waals surface area contributed by atoms with Crippen LogP contribution in [0.25, 0.3) is 0 Å². The Morgan fingerprint density at radius 3 is 2.35 bits per heavy atom. The molecule has 0 radical (unpaired) electrons. The number of likely N-dealkylation sites (tertiary alicyclic amines) is 1. The van der Waals surface area contributed by atoms with E-state index in [-0.39, 0.29) is 54.8 Å². The molecule has 4 aromatic carbocycles. The molecule has 0 aromatic heterocycles. The smallest absolute Gasteiger partial charge is 0.264 e. The maximum atomic E-state index is 15.3. The molecule has 0 saturated carbocycles. The van der Waals surface area contributed by atoms with Crippen molar-refractivity contribution in [2.45, 2.75) is 69.1 Å². The average Bonchev–Trinajstić information content (AvgIpc) is 3.85. The normalized spacial score (nSPS) is 23.3. The van der Waals surface area contributed by atoms with E-state index >= 15 is 4.79 Å². The molecule has 0 unspecified atom stereocenters. The number of carbonyl (C=O) groups excluding carboxylic acids is 3. The van der Waals surface area contributed by atoms with Crippen LogP contribution in [-0.2, 0) is 26.5 Å². The van der Waals surface area contributed by atoms with Gasteiger partial charge in [-0.2, -0.15) is 0 Å². The summed E-state index contributed by atoms with van der Waals surface area (Å²) >= 11 is 3.68. The highest BCUT2D eigenvalue weighted by Gasteiger charge is 2.66. The van der Waals surface area contributed by atoms with Crippen LogP contribution in [0.15, 0.2) is 95.5 Å². The van der Waals surface area contributed by atoms with Crippen molar-refractivity contribution in [3.05, 3.63) is 112 Å². The lowest BCUT2D eigenvalue weighted by Crippen LogP contribution is -2.52. The summed E-state index contributed by atoms with van der Waals surface area (Å²) in [5.41, 5.74) is 2.00. The van der Waals surface area contributed by atoms with Gasteiger partial charge in [0.15, 0.2) is 5.60 Å². The number of rotatable bonds is 11. The highest BCUT2D eigenvalue weighted by molar-refractivity contribution is 9.10. The van der Waals surface area contributed by atoms with E-state index in [0.717, 1.165) is 39.9 Å². The van der Waals surface area contributed by atoms with Gasteiger partial charge in [-0.25, -0.2) is 0 Å². The van der Waals surface area contributed by atoms with Crippen molar-refractivity contribution in [1.82, 2.24) is 4.90 Å². The molecule has 0 aliphatic carbocycles. The first-order valence-electron chi connectivity index (χ1n) is 18.8. The summed E-state index contributed by atoms with van der Waals surface area (Å²) in [5, 5.41) is 14.2. The Hall–Kier alpha value is -4.49. The van der Waals surface area contributed by atoms with E-state index in [1.54, 1.807) is 48.3 Å². The highest BCUT2D eigenvalue weighted by Crippen LogP contribution is 2.60. The molecule has 288 valence electrons. The average molecular weight is 827 g/mol. The summed E-state index contributed by atoms with van der Waals surface area (Å²) in [6, 6.07) is 28.2. The minimum atomic E-state index is -2.48. The van der Waals surface area contributed by atoms with Crippen molar-refractivity contribution in [2.75, 3.05) is 37.6 Å². The summed E-state index contributed by atoms with van der Waals surface area (Å²) < 4.78 is 18.7. The molecule has 4 aromatic rings. The van der Waals surface area contributed by atoms with E-state index in [2.05, 4.69) is 53.4 Å². The van der Waals surface area contributed by atoms with Crippen LogP contribution in [0, 0.1) is 5.92 Å². The van der Waals surface area contributed by atoms with E-state index in [1.165, 1.54) is 5.19 Å². The fraction of sp³-hybridized carbons (Fsp3) is 0.372. The van der Waals surface area contributed by atoms with E-state index in [9.17, 15) is 14.7 Å². The van der Waals surface area contributed by atoms with Gasteiger partial charge in [0.2, 0.25) is 5.91 Å². The molecule has 3 amide bonds. The van der Waals surface area contributed by atoms with Crippen molar-refractivity contribution in [3.8, 4) is 11.5 Å². The zero-order valence-electron chi connectivity index (χ0n) is 31.9. The highest BCUT2D eigenvalue weighted by atomic mass is 79.9. The Kier molecular flexibility index (Phi) is 11.0. The molecule has 10 nitrogen and oxygen atoms in total. The topological polar surface area (TPSA) is 118 Å². The number of carbonyl (C=O) groups is 3. The van der Waals surface area contributed by atoms with Crippen molar-refractivity contribution in [1.29, 1.82) is 0 Å². The monoisotopic (exact) mass is 825 g/mol. The van der Waals surface area contributed by atoms with Crippen LogP contribution >= 0.6 is 15.9 Å². The number of hydrogen-bond donors (Lipinski definition) is 2. The quantitative estimate of drug-likeness (QED) is 0.159. The van der Waals surface area contributed by atoms with Gasteiger partial charge in [-0.15, -0.1) is 0 Å². The number of hydrogen-bond acceptors (Lipinski definition) is 7. The number of nitrogens with zero attached hydrogens (tertiary/aromatic N) is 2. The van der Waals surface area contributed by atoms with Gasteiger partial charge in [-0.1, -0.05) is 65.4 Å². The van der Waals surface area contributed by atoms with Crippen LogP contribution in [0.2, 0.25) is 18.6 Å². The Labute approximate surface area is 331 Å². The molecule has 0 bridgehead atoms. The first-order chi connectivity index (χ1) is 26.4. The number of aliphatic hydroxyl groups is 1. The lowest BCUT2D eigenvalue weighted by atomic mass is 9.82. The summed E-state index contributed by atoms with van der Waals surface area (Å²) in [5.74, 6) is 0.657. The molecular formula is C43H48BrN3O7Si. The summed E-state index contributed by atoms with van der Waals surface area (Å²) in [6.07, 6.45) is 1.19. The second kappa shape index (κ2) is 15.6. The van der Waals surface area contributed by atoms with Gasteiger partial charge < -0.3 is 34.4 Å². The maximum absolute atomic E-state index is 15.3. The van der Waals surface area contributed by atoms with Gasteiger partial charge in [0.25, 0.3) is 11.8 Å². The van der Waals surface area contributed by atoms with E-state index in [4.69, 9.17) is 14.2 Å². The number of nitrogens with one attached hydrogen (secondary N) is 1. The van der Waals surface area contributed by atoms with Gasteiger partial charge in [0, 0.05) is 33.7 Å². The number of amides is 3. The van der Waals surface area contributed by atoms with Crippen molar-refractivity contribution >= 4 is 58.3 Å². The van der Waals surface area contributed by atoms with Crippen molar-refractivity contribution in [2.24, 2.45) is 5.92 Å². The summed E-state index contributed by atoms with van der Waals surface area (Å²) in [7, 11) is 0.747. The molecule has 7 rings (SSSR count). The van der Waals surface area contributed by atoms with Crippen molar-refractivity contribution < 1.29 is 33.7 Å². The third-order valence-corrected chi connectivity index (χ3v) is 16.8. The molecule has 55 heavy (non-hydrogen) atoms. The molecule has 3 aliphatic rings. The Bertz CT molecular complexity index is 2080.